The number of aliphatic hydroxyl groups is 2. The fourth-order valence-corrected chi connectivity index (χ4v) is 3.89. The van der Waals surface area contributed by atoms with Gasteiger partial charge < -0.3 is 33.9 Å². The van der Waals surface area contributed by atoms with Gasteiger partial charge in [0.2, 0.25) is 0 Å². The highest BCUT2D eigenvalue weighted by atomic mass is 16.7. The lowest BCUT2D eigenvalue weighted by atomic mass is 9.98. The smallest absolute Gasteiger partial charge is 0.338 e. The molecule has 0 radical (unpaired) electrons. The van der Waals surface area contributed by atoms with Crippen LogP contribution in [0.1, 0.15) is 31.1 Å². The van der Waals surface area contributed by atoms with Crippen molar-refractivity contribution in [2.24, 2.45) is 0 Å². The van der Waals surface area contributed by atoms with Gasteiger partial charge in [0.15, 0.2) is 24.6 Å². The van der Waals surface area contributed by atoms with Gasteiger partial charge in [-0.1, -0.05) is 36.4 Å². The highest BCUT2D eigenvalue weighted by Gasteiger charge is 2.52. The van der Waals surface area contributed by atoms with Crippen LogP contribution in [0.2, 0.25) is 0 Å². The summed E-state index contributed by atoms with van der Waals surface area (Å²) in [6, 6.07) is 22.0. The molecule has 1 aliphatic heterocycles. The normalized spacial score (nSPS) is 22.7. The van der Waals surface area contributed by atoms with Crippen molar-refractivity contribution in [3.63, 3.8) is 0 Å². The Morgan fingerprint density at radius 2 is 1.13 bits per heavy atom. The monoisotopic (exact) mass is 522 g/mol. The van der Waals surface area contributed by atoms with Crippen LogP contribution < -0.4 is 4.74 Å². The Hall–Kier alpha value is -4.25. The summed E-state index contributed by atoms with van der Waals surface area (Å²) < 4.78 is 27.3. The van der Waals surface area contributed by atoms with Crippen molar-refractivity contribution in [1.82, 2.24) is 0 Å². The number of aliphatic hydroxyl groups excluding tert-OH is 2. The summed E-state index contributed by atoms with van der Waals surface area (Å²) in [4.78, 5) is 38.8. The topological polar surface area (TPSA) is 138 Å². The van der Waals surface area contributed by atoms with E-state index in [9.17, 15) is 24.6 Å². The molecule has 0 unspecified atom stereocenters. The lowest BCUT2D eigenvalue weighted by Gasteiger charge is -2.42. The van der Waals surface area contributed by atoms with Gasteiger partial charge in [-0.2, -0.15) is 0 Å². The van der Waals surface area contributed by atoms with E-state index in [0.29, 0.717) is 5.75 Å². The van der Waals surface area contributed by atoms with Gasteiger partial charge in [0.1, 0.15) is 11.9 Å². The summed E-state index contributed by atoms with van der Waals surface area (Å²) in [5, 5.41) is 20.6. The zero-order valence-electron chi connectivity index (χ0n) is 20.3. The minimum atomic E-state index is -1.80. The molecule has 0 saturated carbocycles. The Morgan fingerprint density at radius 1 is 0.684 bits per heavy atom. The Morgan fingerprint density at radius 3 is 1.61 bits per heavy atom. The van der Waals surface area contributed by atoms with Gasteiger partial charge in [-0.15, -0.1) is 0 Å². The number of esters is 3. The van der Waals surface area contributed by atoms with Crippen molar-refractivity contribution in [2.75, 3.05) is 13.7 Å². The molecule has 2 N–H and O–H groups in total. The van der Waals surface area contributed by atoms with Gasteiger partial charge in [-0.3, -0.25) is 0 Å². The van der Waals surface area contributed by atoms with Crippen LogP contribution in [0.25, 0.3) is 0 Å². The van der Waals surface area contributed by atoms with Crippen LogP contribution >= 0.6 is 0 Å². The van der Waals surface area contributed by atoms with Crippen LogP contribution in [-0.2, 0) is 18.9 Å². The molecule has 1 fully saturated rings. The zero-order valence-corrected chi connectivity index (χ0v) is 20.3. The summed E-state index contributed by atoms with van der Waals surface area (Å²) in [6.45, 7) is -0.698. The van der Waals surface area contributed by atoms with E-state index >= 15 is 0 Å². The fraction of sp³-hybridized carbons (Fsp3) is 0.250. The van der Waals surface area contributed by atoms with Crippen LogP contribution in [0.5, 0.6) is 5.75 Å². The van der Waals surface area contributed by atoms with E-state index < -0.39 is 55.2 Å². The van der Waals surface area contributed by atoms with Gasteiger partial charge in [0.25, 0.3) is 0 Å². The Labute approximate surface area is 218 Å². The maximum atomic E-state index is 13.0. The summed E-state index contributed by atoms with van der Waals surface area (Å²) in [5.41, 5.74) is 0.478. The molecule has 0 aromatic heterocycles. The predicted molar refractivity (Wildman–Crippen MR) is 131 cm³/mol. The molecule has 3 aromatic rings. The van der Waals surface area contributed by atoms with Gasteiger partial charge in [-0.25, -0.2) is 14.4 Å². The molecule has 0 spiro atoms. The number of ether oxygens (including phenoxy) is 5. The summed E-state index contributed by atoms with van der Waals surface area (Å²) in [7, 11) is 1.48. The standard InChI is InChI=1S/C28H26O10/c1-34-20-14-12-19(13-15-20)27(32)36-22-21(16-29)35-28(33)24(38-26(31)18-10-6-3-7-11-18)23(22)37-25(30)17-8-4-2-5-9-17/h2-15,21-24,28-29,33H,16H2,1H3/t21-,22+,23+,24-,28-/m1/s1. The third-order valence-corrected chi connectivity index (χ3v) is 5.86. The average molecular weight is 523 g/mol. The number of rotatable bonds is 8. The number of carbonyl (C=O) groups excluding carboxylic acids is 3. The van der Waals surface area contributed by atoms with Crippen molar-refractivity contribution in [2.45, 2.75) is 30.7 Å². The number of benzene rings is 3. The number of methoxy groups -OCH3 is 1. The van der Waals surface area contributed by atoms with Crippen molar-refractivity contribution in [3.05, 3.63) is 102 Å². The molecule has 38 heavy (non-hydrogen) atoms. The molecule has 4 rings (SSSR count). The van der Waals surface area contributed by atoms with Crippen LogP contribution in [0.15, 0.2) is 84.9 Å². The SMILES string of the molecule is COc1ccc(C(=O)O[C@@H]2[C@H](OC(=O)c3ccccc3)[C@@H](OC(=O)c3ccccc3)[C@H](O)O[C@@H]2CO)cc1. The number of hydrogen-bond donors (Lipinski definition) is 2. The number of carbonyl (C=O) groups is 3. The first-order chi connectivity index (χ1) is 18.4. The third-order valence-electron chi connectivity index (χ3n) is 5.86. The molecule has 0 aliphatic carbocycles. The van der Waals surface area contributed by atoms with E-state index in [0.717, 1.165) is 0 Å². The molecule has 1 heterocycles. The lowest BCUT2D eigenvalue weighted by Crippen LogP contribution is -2.62. The molecular weight excluding hydrogens is 496 g/mol. The molecule has 1 saturated heterocycles. The van der Waals surface area contributed by atoms with Crippen molar-refractivity contribution >= 4 is 17.9 Å². The molecule has 1 aliphatic rings. The van der Waals surface area contributed by atoms with Crippen LogP contribution in [0.3, 0.4) is 0 Å². The van der Waals surface area contributed by atoms with Crippen molar-refractivity contribution in [3.8, 4) is 5.75 Å². The van der Waals surface area contributed by atoms with E-state index in [-0.39, 0.29) is 16.7 Å². The molecule has 0 amide bonds. The second kappa shape index (κ2) is 12.3. The van der Waals surface area contributed by atoms with Gasteiger partial charge in [0, 0.05) is 0 Å². The molecule has 5 atom stereocenters. The third kappa shape index (κ3) is 6.17. The first-order valence-electron chi connectivity index (χ1n) is 11.7. The lowest BCUT2D eigenvalue weighted by molar-refractivity contribution is -0.284. The van der Waals surface area contributed by atoms with Gasteiger partial charge >= 0.3 is 17.9 Å². The fourth-order valence-electron chi connectivity index (χ4n) is 3.89. The van der Waals surface area contributed by atoms with Crippen LogP contribution in [0.4, 0.5) is 0 Å². The Bertz CT molecular complexity index is 1230. The molecule has 198 valence electrons. The predicted octanol–water partition coefficient (Wildman–Crippen LogP) is 2.38. The van der Waals surface area contributed by atoms with Crippen LogP contribution in [0, 0.1) is 0 Å². The van der Waals surface area contributed by atoms with Crippen molar-refractivity contribution in [1.29, 1.82) is 0 Å². The first-order valence-corrected chi connectivity index (χ1v) is 11.7. The first kappa shape index (κ1) is 26.8. The zero-order chi connectivity index (χ0) is 27.1. The molecule has 10 nitrogen and oxygen atoms in total. The molecule has 10 heteroatoms. The number of hydrogen-bond acceptors (Lipinski definition) is 10. The van der Waals surface area contributed by atoms with E-state index in [2.05, 4.69) is 0 Å². The molecular formula is C28H26O10. The highest BCUT2D eigenvalue weighted by molar-refractivity contribution is 5.91. The molecule has 3 aromatic carbocycles. The Balaban J connectivity index is 1.65. The second-order valence-electron chi connectivity index (χ2n) is 8.32. The second-order valence-corrected chi connectivity index (χ2v) is 8.32. The van der Waals surface area contributed by atoms with Crippen molar-refractivity contribution < 1.29 is 48.3 Å². The summed E-state index contributed by atoms with van der Waals surface area (Å²) in [6.07, 6.45) is -7.67. The quantitative estimate of drug-likeness (QED) is 0.335. The maximum absolute atomic E-state index is 13.0. The van der Waals surface area contributed by atoms with E-state index in [1.54, 1.807) is 48.5 Å². The molecule has 0 bridgehead atoms. The summed E-state index contributed by atoms with van der Waals surface area (Å²) >= 11 is 0. The van der Waals surface area contributed by atoms with E-state index in [4.69, 9.17) is 23.7 Å². The van der Waals surface area contributed by atoms with Crippen LogP contribution in [-0.4, -0.2) is 72.5 Å². The minimum Gasteiger partial charge on any atom is -0.497 e. The van der Waals surface area contributed by atoms with E-state index in [1.807, 2.05) is 0 Å². The Kier molecular flexibility index (Phi) is 8.70. The van der Waals surface area contributed by atoms with E-state index in [1.165, 1.54) is 43.5 Å². The average Bonchev–Trinajstić information content (AvgIpc) is 2.96. The largest absolute Gasteiger partial charge is 0.497 e. The van der Waals surface area contributed by atoms with Gasteiger partial charge in [-0.05, 0) is 48.5 Å². The summed E-state index contributed by atoms with van der Waals surface area (Å²) in [5.74, 6) is -1.97. The highest BCUT2D eigenvalue weighted by Crippen LogP contribution is 2.29. The minimum absolute atomic E-state index is 0.138. The maximum Gasteiger partial charge on any atom is 0.338 e. The van der Waals surface area contributed by atoms with Gasteiger partial charge in [0.05, 0.1) is 30.4 Å².